The third-order valence-electron chi connectivity index (χ3n) is 4.03. The van der Waals surface area contributed by atoms with Crippen LogP contribution < -0.4 is 4.74 Å². The molecule has 4 heteroatoms. The Kier molecular flexibility index (Phi) is 2.62. The zero-order valence-electron chi connectivity index (χ0n) is 11.4. The summed E-state index contributed by atoms with van der Waals surface area (Å²) >= 11 is 6.30. The molecule has 0 saturated heterocycles. The van der Waals surface area contributed by atoms with Gasteiger partial charge in [0.1, 0.15) is 11.4 Å². The number of carbonyl (C=O) groups excluding carboxylic acids is 1. The van der Waals surface area contributed by atoms with Crippen LogP contribution in [0.5, 0.6) is 5.75 Å². The van der Waals surface area contributed by atoms with Crippen molar-refractivity contribution in [2.75, 3.05) is 7.11 Å². The topological polar surface area (TPSA) is 35.5 Å². The number of benzene rings is 1. The van der Waals surface area contributed by atoms with Gasteiger partial charge in [0.15, 0.2) is 0 Å². The van der Waals surface area contributed by atoms with Crippen LogP contribution >= 0.6 is 11.6 Å². The highest BCUT2D eigenvalue weighted by molar-refractivity contribution is 6.32. The summed E-state index contributed by atoms with van der Waals surface area (Å²) in [6.07, 6.45) is 3.23. The molecule has 3 rings (SSSR count). The van der Waals surface area contributed by atoms with Crippen molar-refractivity contribution in [3.63, 3.8) is 0 Å². The third-order valence-corrected chi connectivity index (χ3v) is 4.31. The van der Waals surface area contributed by atoms with Crippen LogP contribution in [-0.4, -0.2) is 18.7 Å². The number of rotatable bonds is 1. The maximum atomic E-state index is 11.7. The summed E-state index contributed by atoms with van der Waals surface area (Å²) in [5.74, 6) is 0.383. The molecule has 1 aliphatic heterocycles. The summed E-state index contributed by atoms with van der Waals surface area (Å²) in [6.45, 7) is 4.17. The molecule has 0 atom stereocenters. The molecule has 19 heavy (non-hydrogen) atoms. The second-order valence-electron chi connectivity index (χ2n) is 6.15. The van der Waals surface area contributed by atoms with Gasteiger partial charge in [0.25, 0.3) is 0 Å². The van der Waals surface area contributed by atoms with Gasteiger partial charge in [-0.2, -0.15) is 0 Å². The molecular weight excluding hydrogens is 264 g/mol. The van der Waals surface area contributed by atoms with Crippen LogP contribution in [0.15, 0.2) is 12.1 Å². The number of hydrogen-bond donors (Lipinski definition) is 0. The average molecular weight is 281 g/mol. The Morgan fingerprint density at radius 3 is 2.63 bits per heavy atom. The Morgan fingerprint density at radius 2 is 2.05 bits per heavy atom. The quantitative estimate of drug-likeness (QED) is 0.736. The van der Waals surface area contributed by atoms with E-state index in [-0.39, 0.29) is 17.0 Å². The van der Waals surface area contributed by atoms with E-state index < -0.39 is 0 Å². The number of esters is 1. The van der Waals surface area contributed by atoms with Gasteiger partial charge in [0.2, 0.25) is 0 Å². The molecule has 1 saturated carbocycles. The highest BCUT2D eigenvalue weighted by atomic mass is 35.5. The van der Waals surface area contributed by atoms with E-state index in [1.165, 1.54) is 7.11 Å². The third kappa shape index (κ3) is 2.00. The number of halogens is 1. The van der Waals surface area contributed by atoms with E-state index in [1.807, 2.05) is 6.07 Å². The molecule has 0 aromatic heterocycles. The van der Waals surface area contributed by atoms with Crippen LogP contribution in [0, 0.1) is 0 Å². The molecular formula is C15H17ClO3. The molecule has 3 nitrogen and oxygen atoms in total. The van der Waals surface area contributed by atoms with Gasteiger partial charge >= 0.3 is 5.97 Å². The number of carbonyl (C=O) groups is 1. The van der Waals surface area contributed by atoms with E-state index in [1.54, 1.807) is 6.07 Å². The molecule has 0 N–H and O–H groups in total. The van der Waals surface area contributed by atoms with Gasteiger partial charge in [-0.3, -0.25) is 0 Å². The van der Waals surface area contributed by atoms with Crippen LogP contribution in [-0.2, 0) is 10.2 Å². The summed E-state index contributed by atoms with van der Waals surface area (Å²) in [5, 5.41) is 0.497. The highest BCUT2D eigenvalue weighted by Gasteiger charge is 2.53. The van der Waals surface area contributed by atoms with Crippen molar-refractivity contribution >= 4 is 17.6 Å². The number of methoxy groups -OCH3 is 1. The fraction of sp³-hybridized carbons (Fsp3) is 0.533. The molecule has 0 radical (unpaired) electrons. The standard InChI is InChI=1S/C15H17ClO3/c1-14(2)8-15(4-5-15)10-6-9(13(17)18-3)7-11(16)12(10)19-14/h6-7H,4-5,8H2,1-3H3. The van der Waals surface area contributed by atoms with Gasteiger partial charge in [-0.15, -0.1) is 0 Å². The van der Waals surface area contributed by atoms with Crippen molar-refractivity contribution in [3.05, 3.63) is 28.3 Å². The van der Waals surface area contributed by atoms with Crippen molar-refractivity contribution in [1.82, 2.24) is 0 Å². The second-order valence-corrected chi connectivity index (χ2v) is 6.55. The molecule has 1 spiro atoms. The van der Waals surface area contributed by atoms with Crippen molar-refractivity contribution in [3.8, 4) is 5.75 Å². The maximum absolute atomic E-state index is 11.7. The van der Waals surface area contributed by atoms with E-state index in [2.05, 4.69) is 13.8 Å². The SMILES string of the molecule is COC(=O)c1cc(Cl)c2c(c1)C1(CC1)CC(C)(C)O2. The zero-order valence-corrected chi connectivity index (χ0v) is 12.1. The molecule has 1 aromatic rings. The lowest BCUT2D eigenvalue weighted by atomic mass is 9.81. The summed E-state index contributed by atoms with van der Waals surface area (Å²) in [6, 6.07) is 3.51. The van der Waals surface area contributed by atoms with Crippen molar-refractivity contribution in [2.24, 2.45) is 0 Å². The first-order valence-electron chi connectivity index (χ1n) is 6.48. The van der Waals surface area contributed by atoms with Crippen LogP contribution in [0.3, 0.4) is 0 Å². The first-order valence-corrected chi connectivity index (χ1v) is 6.86. The number of fused-ring (bicyclic) bond motifs is 2. The van der Waals surface area contributed by atoms with Crippen LogP contribution in [0.4, 0.5) is 0 Å². The molecule has 1 aliphatic carbocycles. The first-order chi connectivity index (χ1) is 8.87. The summed E-state index contributed by atoms with van der Waals surface area (Å²) in [5.41, 5.74) is 1.51. The normalized spacial score (nSPS) is 21.5. The lowest BCUT2D eigenvalue weighted by Gasteiger charge is -2.38. The maximum Gasteiger partial charge on any atom is 0.337 e. The van der Waals surface area contributed by atoms with Crippen LogP contribution in [0.2, 0.25) is 5.02 Å². The Bertz CT molecular complexity index is 559. The fourth-order valence-electron chi connectivity index (χ4n) is 3.15. The average Bonchev–Trinajstić information content (AvgIpc) is 3.08. The lowest BCUT2D eigenvalue weighted by Crippen LogP contribution is -2.38. The molecule has 2 aliphatic rings. The highest BCUT2D eigenvalue weighted by Crippen LogP contribution is 2.60. The van der Waals surface area contributed by atoms with Gasteiger partial charge in [-0.25, -0.2) is 4.79 Å². The van der Waals surface area contributed by atoms with Gasteiger partial charge in [0, 0.05) is 11.0 Å². The summed E-state index contributed by atoms with van der Waals surface area (Å²) < 4.78 is 10.8. The monoisotopic (exact) mass is 280 g/mol. The smallest absolute Gasteiger partial charge is 0.337 e. The Morgan fingerprint density at radius 1 is 1.37 bits per heavy atom. The van der Waals surface area contributed by atoms with Crippen molar-refractivity contribution in [1.29, 1.82) is 0 Å². The van der Waals surface area contributed by atoms with Gasteiger partial charge in [0.05, 0.1) is 17.7 Å². The zero-order chi connectivity index (χ0) is 13.8. The minimum Gasteiger partial charge on any atom is -0.486 e. The van der Waals surface area contributed by atoms with E-state index in [4.69, 9.17) is 21.1 Å². The Hall–Kier alpha value is -1.22. The van der Waals surface area contributed by atoms with E-state index >= 15 is 0 Å². The van der Waals surface area contributed by atoms with E-state index in [9.17, 15) is 4.79 Å². The minimum atomic E-state index is -0.356. The molecule has 1 fully saturated rings. The molecule has 0 amide bonds. The largest absolute Gasteiger partial charge is 0.486 e. The van der Waals surface area contributed by atoms with E-state index in [0.29, 0.717) is 10.6 Å². The lowest BCUT2D eigenvalue weighted by molar-refractivity contribution is 0.0596. The van der Waals surface area contributed by atoms with E-state index in [0.717, 1.165) is 30.6 Å². The molecule has 1 heterocycles. The molecule has 0 unspecified atom stereocenters. The van der Waals surface area contributed by atoms with Crippen molar-refractivity contribution < 1.29 is 14.3 Å². The molecule has 1 aromatic carbocycles. The number of ether oxygens (including phenoxy) is 2. The molecule has 0 bridgehead atoms. The van der Waals surface area contributed by atoms with Crippen molar-refractivity contribution in [2.45, 2.75) is 44.1 Å². The van der Waals surface area contributed by atoms with Gasteiger partial charge in [-0.1, -0.05) is 11.6 Å². The van der Waals surface area contributed by atoms with Crippen LogP contribution in [0.25, 0.3) is 0 Å². The predicted octanol–water partition coefficient (Wildman–Crippen LogP) is 3.72. The summed E-state index contributed by atoms with van der Waals surface area (Å²) in [7, 11) is 1.38. The predicted molar refractivity (Wildman–Crippen MR) is 73.0 cm³/mol. The minimum absolute atomic E-state index is 0.144. The van der Waals surface area contributed by atoms with Crippen LogP contribution in [0.1, 0.15) is 49.0 Å². The molecule has 102 valence electrons. The first kappa shape index (κ1) is 12.8. The Balaban J connectivity index is 2.14. The Labute approximate surface area is 117 Å². The number of hydrogen-bond acceptors (Lipinski definition) is 3. The fourth-order valence-corrected chi connectivity index (χ4v) is 3.40. The summed E-state index contributed by atoms with van der Waals surface area (Å²) in [4.78, 5) is 11.7. The van der Waals surface area contributed by atoms with Gasteiger partial charge < -0.3 is 9.47 Å². The van der Waals surface area contributed by atoms with Gasteiger partial charge in [-0.05, 0) is 45.2 Å². The second kappa shape index (κ2) is 3.89.